The van der Waals surface area contributed by atoms with E-state index in [1.807, 2.05) is 17.8 Å². The monoisotopic (exact) mass is 304 g/mol. The van der Waals surface area contributed by atoms with Crippen molar-refractivity contribution in [2.75, 3.05) is 38.4 Å². The maximum Gasteiger partial charge on any atom is 0.220 e. The molecule has 0 aromatic heterocycles. The van der Waals surface area contributed by atoms with Gasteiger partial charge in [0.1, 0.15) is 5.94 Å². The predicted molar refractivity (Wildman–Crippen MR) is 85.1 cm³/mol. The summed E-state index contributed by atoms with van der Waals surface area (Å²) in [5, 5.41) is 5.84. The van der Waals surface area contributed by atoms with Gasteiger partial charge in [-0.1, -0.05) is 27.5 Å². The van der Waals surface area contributed by atoms with Gasteiger partial charge < -0.3 is 15.4 Å². The summed E-state index contributed by atoms with van der Waals surface area (Å²) in [5.41, 5.74) is 0. The van der Waals surface area contributed by atoms with Crippen LogP contribution in [-0.2, 0) is 9.53 Å². The van der Waals surface area contributed by atoms with Crippen molar-refractivity contribution in [1.29, 1.82) is 0 Å². The minimum Gasteiger partial charge on any atom is -0.370 e. The van der Waals surface area contributed by atoms with E-state index in [1.165, 1.54) is 0 Å². The van der Waals surface area contributed by atoms with Gasteiger partial charge in [0.15, 0.2) is 0 Å². The summed E-state index contributed by atoms with van der Waals surface area (Å²) in [6, 6.07) is 0. The van der Waals surface area contributed by atoms with E-state index >= 15 is 0 Å². The molecule has 0 saturated carbocycles. The minimum atomic E-state index is 0.0692. The molecular weight excluding hydrogens is 280 g/mol. The molecule has 0 unspecified atom stereocenters. The summed E-state index contributed by atoms with van der Waals surface area (Å²) in [6.07, 6.45) is 2.34. The molecule has 0 heterocycles. The van der Waals surface area contributed by atoms with Crippen LogP contribution in [0, 0.1) is 11.8 Å². The molecule has 0 aromatic carbocycles. The van der Waals surface area contributed by atoms with Gasteiger partial charge in [0, 0.05) is 25.3 Å². The lowest BCUT2D eigenvalue weighted by atomic mass is 10.2. The largest absolute Gasteiger partial charge is 0.370 e. The van der Waals surface area contributed by atoms with Crippen LogP contribution < -0.4 is 10.6 Å². The van der Waals surface area contributed by atoms with Gasteiger partial charge in [0.05, 0.1) is 6.54 Å². The highest BCUT2D eigenvalue weighted by Crippen LogP contribution is 2.20. The van der Waals surface area contributed by atoms with Crippen LogP contribution in [0.25, 0.3) is 0 Å². The molecule has 2 N–H and O–H groups in total. The van der Waals surface area contributed by atoms with Crippen molar-refractivity contribution < 1.29 is 9.53 Å². The standard InChI is InChI=1S/C13H24N2O2S2/c1-3-4-8-15-13(16)7-5-6-10-17-12-19-18-11-9-14-2/h14H,5-12H2,1-2H3,(H,15,16). The molecule has 110 valence electrons. The topological polar surface area (TPSA) is 50.4 Å². The van der Waals surface area contributed by atoms with Crippen molar-refractivity contribution >= 4 is 27.5 Å². The van der Waals surface area contributed by atoms with E-state index < -0.39 is 0 Å². The second-order valence-electron chi connectivity index (χ2n) is 3.73. The Bertz CT molecular complexity index is 278. The van der Waals surface area contributed by atoms with E-state index in [0.717, 1.165) is 31.7 Å². The van der Waals surface area contributed by atoms with Crippen LogP contribution in [-0.4, -0.2) is 44.3 Å². The molecule has 0 bridgehead atoms. The molecule has 0 aliphatic heterocycles. The summed E-state index contributed by atoms with van der Waals surface area (Å²) < 4.78 is 5.46. The third-order valence-corrected chi connectivity index (χ3v) is 4.23. The SMILES string of the molecule is CC#CCNC(=O)CCCCOCSSCCNC. The molecule has 19 heavy (non-hydrogen) atoms. The van der Waals surface area contributed by atoms with Gasteiger partial charge in [-0.05, 0) is 26.8 Å². The van der Waals surface area contributed by atoms with Crippen molar-refractivity contribution in [3.63, 3.8) is 0 Å². The van der Waals surface area contributed by atoms with Gasteiger partial charge in [0.2, 0.25) is 5.91 Å². The molecule has 0 aromatic rings. The highest BCUT2D eigenvalue weighted by molar-refractivity contribution is 8.76. The van der Waals surface area contributed by atoms with Crippen molar-refractivity contribution in [3.05, 3.63) is 0 Å². The number of ether oxygens (including phenoxy) is 1. The first kappa shape index (κ1) is 18.7. The Kier molecular flexibility index (Phi) is 15.4. The third-order valence-electron chi connectivity index (χ3n) is 2.14. The van der Waals surface area contributed by atoms with Crippen LogP contribution >= 0.6 is 21.6 Å². The Morgan fingerprint density at radius 2 is 2.16 bits per heavy atom. The average Bonchev–Trinajstić information content (AvgIpc) is 2.41. The Hall–Kier alpha value is -0.350. The second-order valence-corrected chi connectivity index (χ2v) is 6.26. The number of carbonyl (C=O) groups is 1. The molecule has 0 fully saturated rings. The van der Waals surface area contributed by atoms with Crippen LogP contribution in [0.15, 0.2) is 0 Å². The van der Waals surface area contributed by atoms with E-state index in [4.69, 9.17) is 4.74 Å². The van der Waals surface area contributed by atoms with Crippen molar-refractivity contribution in [2.24, 2.45) is 0 Å². The summed E-state index contributed by atoms with van der Waals surface area (Å²) in [4.78, 5) is 11.3. The molecule has 4 nitrogen and oxygen atoms in total. The van der Waals surface area contributed by atoms with Crippen molar-refractivity contribution in [2.45, 2.75) is 26.2 Å². The fourth-order valence-corrected chi connectivity index (χ4v) is 2.81. The molecule has 0 rings (SSSR count). The fourth-order valence-electron chi connectivity index (χ4n) is 1.14. The van der Waals surface area contributed by atoms with Gasteiger partial charge in [-0.25, -0.2) is 0 Å². The van der Waals surface area contributed by atoms with Crippen molar-refractivity contribution in [1.82, 2.24) is 10.6 Å². The number of hydrogen-bond acceptors (Lipinski definition) is 5. The zero-order valence-electron chi connectivity index (χ0n) is 11.8. The molecule has 0 atom stereocenters. The minimum absolute atomic E-state index is 0.0692. The Balaban J connectivity index is 3.13. The molecule has 0 aliphatic rings. The van der Waals surface area contributed by atoms with E-state index in [1.54, 1.807) is 17.7 Å². The highest BCUT2D eigenvalue weighted by Gasteiger charge is 1.99. The van der Waals surface area contributed by atoms with E-state index in [2.05, 4.69) is 22.5 Å². The molecule has 6 heteroatoms. The normalized spacial score (nSPS) is 9.79. The van der Waals surface area contributed by atoms with Crippen LogP contribution in [0.3, 0.4) is 0 Å². The van der Waals surface area contributed by atoms with E-state index in [9.17, 15) is 4.79 Å². The molecular formula is C13H24N2O2S2. The quantitative estimate of drug-likeness (QED) is 0.249. The molecule has 0 spiro atoms. The Morgan fingerprint density at radius 3 is 2.89 bits per heavy atom. The lowest BCUT2D eigenvalue weighted by molar-refractivity contribution is -0.121. The van der Waals surface area contributed by atoms with Crippen molar-refractivity contribution in [3.8, 4) is 11.8 Å². The second kappa shape index (κ2) is 15.7. The molecule has 1 amide bonds. The van der Waals surface area contributed by atoms with Gasteiger partial charge >= 0.3 is 0 Å². The summed E-state index contributed by atoms with van der Waals surface area (Å²) in [6.45, 7) is 3.96. The summed E-state index contributed by atoms with van der Waals surface area (Å²) in [5.74, 6) is 7.41. The summed E-state index contributed by atoms with van der Waals surface area (Å²) >= 11 is 0. The fraction of sp³-hybridized carbons (Fsp3) is 0.769. The van der Waals surface area contributed by atoms with Crippen LogP contribution in [0.4, 0.5) is 0 Å². The van der Waals surface area contributed by atoms with Gasteiger partial charge in [-0.3, -0.25) is 4.79 Å². The Morgan fingerprint density at radius 1 is 1.32 bits per heavy atom. The first-order chi connectivity index (χ1) is 9.31. The van der Waals surface area contributed by atoms with Gasteiger partial charge in [0.25, 0.3) is 0 Å². The summed E-state index contributed by atoms with van der Waals surface area (Å²) in [7, 11) is 5.49. The Labute approximate surface area is 124 Å². The number of nitrogens with one attached hydrogen (secondary N) is 2. The van der Waals surface area contributed by atoms with E-state index in [0.29, 0.717) is 18.9 Å². The molecule has 0 aliphatic carbocycles. The number of amides is 1. The van der Waals surface area contributed by atoms with Crippen LogP contribution in [0.1, 0.15) is 26.2 Å². The first-order valence-corrected chi connectivity index (χ1v) is 8.93. The zero-order chi connectivity index (χ0) is 14.2. The molecule has 0 radical (unpaired) electrons. The predicted octanol–water partition coefficient (Wildman–Crippen LogP) is 1.87. The van der Waals surface area contributed by atoms with E-state index in [-0.39, 0.29) is 5.91 Å². The lowest BCUT2D eigenvalue weighted by Gasteiger charge is -2.04. The average molecular weight is 304 g/mol. The number of hydrogen-bond donors (Lipinski definition) is 2. The third kappa shape index (κ3) is 15.6. The smallest absolute Gasteiger partial charge is 0.220 e. The lowest BCUT2D eigenvalue weighted by Crippen LogP contribution is -2.23. The molecule has 0 saturated heterocycles. The number of carbonyl (C=O) groups excluding carboxylic acids is 1. The maximum atomic E-state index is 11.3. The highest BCUT2D eigenvalue weighted by atomic mass is 33.1. The zero-order valence-corrected chi connectivity index (χ0v) is 13.4. The van der Waals surface area contributed by atoms with Gasteiger partial charge in [-0.15, -0.1) is 5.92 Å². The van der Waals surface area contributed by atoms with Gasteiger partial charge in [-0.2, -0.15) is 0 Å². The van der Waals surface area contributed by atoms with Crippen LogP contribution in [0.2, 0.25) is 0 Å². The van der Waals surface area contributed by atoms with Crippen LogP contribution in [0.5, 0.6) is 0 Å². The maximum absolute atomic E-state index is 11.3. The number of unbranched alkanes of at least 4 members (excludes halogenated alkanes) is 1. The number of rotatable bonds is 12. The first-order valence-electron chi connectivity index (χ1n) is 6.44.